The molecule has 1 aromatic heterocycles. The Morgan fingerprint density at radius 2 is 1.39 bits per heavy atom. The second-order valence-electron chi connectivity index (χ2n) is 9.83. The quantitative estimate of drug-likeness (QED) is 0.151. The fourth-order valence-corrected chi connectivity index (χ4v) is 4.30. The van der Waals surface area contributed by atoms with Gasteiger partial charge < -0.3 is 29.0 Å². The lowest BCUT2D eigenvalue weighted by molar-refractivity contribution is -0.194. The van der Waals surface area contributed by atoms with Gasteiger partial charge in [-0.25, -0.2) is 0 Å². The summed E-state index contributed by atoms with van der Waals surface area (Å²) in [6.07, 6.45) is -0.349. The molecule has 0 fully saturated rings. The van der Waals surface area contributed by atoms with E-state index in [0.717, 1.165) is 16.5 Å². The summed E-state index contributed by atoms with van der Waals surface area (Å²) in [6, 6.07) is 7.73. The van der Waals surface area contributed by atoms with Crippen LogP contribution in [0.25, 0.3) is 10.9 Å². The first-order valence-electron chi connectivity index (χ1n) is 14.3. The monoisotopic (exact) mass is 573 g/mol. The normalized spacial score (nSPS) is 14.5. The Bertz CT molecular complexity index is 1180. The number of fused-ring (bicyclic) bond motifs is 1. The summed E-state index contributed by atoms with van der Waals surface area (Å²) in [5.41, 5.74) is 1.89. The zero-order chi connectivity index (χ0) is 30.4. The molecule has 0 saturated heterocycles. The van der Waals surface area contributed by atoms with Crippen molar-refractivity contribution in [2.45, 2.75) is 110 Å². The van der Waals surface area contributed by atoms with Crippen LogP contribution in [0.4, 0.5) is 0 Å². The molecule has 4 atom stereocenters. The summed E-state index contributed by atoms with van der Waals surface area (Å²) in [5, 5.41) is 11.6. The average Bonchev–Trinajstić information content (AvgIpc) is 3.35. The number of aliphatic hydroxyl groups is 1. The zero-order valence-corrected chi connectivity index (χ0v) is 24.6. The number of hydrogen-bond acceptors (Lipinski definition) is 9. The van der Waals surface area contributed by atoms with E-state index in [-0.39, 0.29) is 31.4 Å². The van der Waals surface area contributed by atoms with Crippen LogP contribution in [0.15, 0.2) is 42.3 Å². The van der Waals surface area contributed by atoms with Gasteiger partial charge >= 0.3 is 23.9 Å². The van der Waals surface area contributed by atoms with Crippen LogP contribution >= 0.6 is 0 Å². The third-order valence-electron chi connectivity index (χ3n) is 6.32. The van der Waals surface area contributed by atoms with Crippen molar-refractivity contribution in [3.8, 4) is 0 Å². The maximum atomic E-state index is 13.0. The zero-order valence-electron chi connectivity index (χ0n) is 24.6. The van der Waals surface area contributed by atoms with E-state index in [0.29, 0.717) is 25.7 Å². The molecule has 0 bridgehead atoms. The lowest BCUT2D eigenvalue weighted by Gasteiger charge is -2.34. The number of aliphatic hydroxyl groups excluding tert-OH is 1. The van der Waals surface area contributed by atoms with Crippen molar-refractivity contribution in [2.24, 2.45) is 0 Å². The summed E-state index contributed by atoms with van der Waals surface area (Å²) < 4.78 is 22.6. The van der Waals surface area contributed by atoms with Crippen LogP contribution in [-0.4, -0.2) is 58.4 Å². The predicted octanol–water partition coefficient (Wildman–Crippen LogP) is 5.06. The number of aromatic nitrogens is 1. The predicted molar refractivity (Wildman–Crippen MR) is 153 cm³/mol. The molecule has 1 heterocycles. The Balaban J connectivity index is 2.37. The number of esters is 4. The molecular weight excluding hydrogens is 530 g/mol. The van der Waals surface area contributed by atoms with E-state index in [1.54, 1.807) is 27.7 Å². The summed E-state index contributed by atoms with van der Waals surface area (Å²) in [7, 11) is 0. The molecule has 2 aromatic rings. The smallest absolute Gasteiger partial charge is 0.311 e. The highest BCUT2D eigenvalue weighted by atomic mass is 16.6. The number of aromatic amines is 1. The molecule has 226 valence electrons. The van der Waals surface area contributed by atoms with E-state index in [1.165, 1.54) is 13.0 Å². The van der Waals surface area contributed by atoms with E-state index < -0.39 is 48.3 Å². The van der Waals surface area contributed by atoms with Crippen LogP contribution in [0.5, 0.6) is 0 Å². The second-order valence-corrected chi connectivity index (χ2v) is 9.83. The fraction of sp³-hybridized carbons (Fsp3) is 0.548. The molecule has 0 unspecified atom stereocenters. The molecule has 2 rings (SSSR count). The van der Waals surface area contributed by atoms with Gasteiger partial charge in [-0.05, 0) is 57.2 Å². The number of nitrogens with one attached hydrogen (secondary N) is 1. The van der Waals surface area contributed by atoms with E-state index >= 15 is 0 Å². The number of para-hydroxylation sites is 1. The van der Waals surface area contributed by atoms with Gasteiger partial charge in [0.2, 0.25) is 0 Å². The number of benzene rings is 1. The number of rotatable bonds is 17. The summed E-state index contributed by atoms with van der Waals surface area (Å²) >= 11 is 0. The first-order chi connectivity index (χ1) is 19.6. The SMILES string of the molecule is C/C=C(\OC(=O)CCc1c[nH]c2ccccc12)[C@@H](OC(=O)CCC)[C@H](OC(=O)CCC)[C@H](OC(=O)CCC)[C@H](C)O. The Hall–Kier alpha value is -3.66. The van der Waals surface area contributed by atoms with Crippen LogP contribution in [0.3, 0.4) is 0 Å². The van der Waals surface area contributed by atoms with Gasteiger partial charge in [-0.15, -0.1) is 0 Å². The summed E-state index contributed by atoms with van der Waals surface area (Å²) in [5.74, 6) is -2.59. The van der Waals surface area contributed by atoms with Gasteiger partial charge in [0, 0.05) is 36.4 Å². The van der Waals surface area contributed by atoms with Crippen molar-refractivity contribution in [3.05, 3.63) is 47.9 Å². The molecule has 1 aromatic carbocycles. The molecule has 0 aliphatic carbocycles. The number of aryl methyl sites for hydroxylation is 1. The first kappa shape index (κ1) is 33.5. The molecule has 0 aliphatic rings. The van der Waals surface area contributed by atoms with Gasteiger partial charge in [-0.2, -0.15) is 0 Å². The lowest BCUT2D eigenvalue weighted by atomic mass is 10.0. The minimum Gasteiger partial charge on any atom is -0.455 e. The van der Waals surface area contributed by atoms with Crippen molar-refractivity contribution >= 4 is 34.8 Å². The van der Waals surface area contributed by atoms with Crippen molar-refractivity contribution < 1.29 is 43.2 Å². The van der Waals surface area contributed by atoms with E-state index in [2.05, 4.69) is 4.98 Å². The summed E-state index contributed by atoms with van der Waals surface area (Å²) in [4.78, 5) is 54.0. The molecule has 41 heavy (non-hydrogen) atoms. The Labute approximate surface area is 241 Å². The topological polar surface area (TPSA) is 141 Å². The lowest BCUT2D eigenvalue weighted by Crippen LogP contribution is -2.51. The van der Waals surface area contributed by atoms with Gasteiger partial charge in [0.15, 0.2) is 18.3 Å². The highest BCUT2D eigenvalue weighted by molar-refractivity contribution is 5.83. The number of carbonyl (C=O) groups is 4. The largest absolute Gasteiger partial charge is 0.455 e. The molecule has 2 N–H and O–H groups in total. The van der Waals surface area contributed by atoms with Crippen LogP contribution < -0.4 is 0 Å². The highest BCUT2D eigenvalue weighted by Crippen LogP contribution is 2.26. The fourth-order valence-electron chi connectivity index (χ4n) is 4.30. The number of hydrogen-bond donors (Lipinski definition) is 2. The van der Waals surface area contributed by atoms with Crippen molar-refractivity contribution in [2.75, 3.05) is 0 Å². The maximum absolute atomic E-state index is 13.0. The average molecular weight is 574 g/mol. The Morgan fingerprint density at radius 3 is 1.95 bits per heavy atom. The molecule has 0 spiro atoms. The second kappa shape index (κ2) is 17.2. The number of ether oxygens (including phenoxy) is 4. The summed E-state index contributed by atoms with van der Waals surface area (Å²) in [6.45, 7) is 8.32. The third-order valence-corrected chi connectivity index (χ3v) is 6.32. The third kappa shape index (κ3) is 10.4. The number of H-pyrrole nitrogens is 1. The minimum atomic E-state index is -1.47. The van der Waals surface area contributed by atoms with E-state index in [4.69, 9.17) is 18.9 Å². The van der Waals surface area contributed by atoms with Crippen LogP contribution in [0, 0.1) is 0 Å². The van der Waals surface area contributed by atoms with Crippen LogP contribution in [0.2, 0.25) is 0 Å². The highest BCUT2D eigenvalue weighted by Gasteiger charge is 2.43. The van der Waals surface area contributed by atoms with Gasteiger partial charge in [0.1, 0.15) is 5.76 Å². The Kier molecular flexibility index (Phi) is 14.1. The first-order valence-corrected chi connectivity index (χ1v) is 14.3. The minimum absolute atomic E-state index is 0.0143. The molecule has 0 saturated carbocycles. The van der Waals surface area contributed by atoms with Gasteiger partial charge in [-0.1, -0.05) is 39.0 Å². The van der Waals surface area contributed by atoms with Crippen LogP contribution in [-0.2, 0) is 44.5 Å². The standard InChI is InChI=1S/C31H43NO9/c1-6-12-25(34)39-29(20(5)33)31(41-27(36)14-8-3)30(40-26(35)13-7-2)24(9-4)38-28(37)18-17-21-19-32-23-16-11-10-15-22(21)23/h9-11,15-16,19-20,29-33H,6-8,12-14,17-18H2,1-5H3/b24-9-/t20-,29+,30+,31+/m0/s1. The number of allylic oxidation sites excluding steroid dienone is 1. The van der Waals surface area contributed by atoms with E-state index in [1.807, 2.05) is 30.5 Å². The van der Waals surface area contributed by atoms with Gasteiger partial charge in [-0.3, -0.25) is 19.2 Å². The van der Waals surface area contributed by atoms with Crippen LogP contribution in [0.1, 0.15) is 85.1 Å². The Morgan fingerprint density at radius 1 is 0.829 bits per heavy atom. The maximum Gasteiger partial charge on any atom is 0.311 e. The van der Waals surface area contributed by atoms with Gasteiger partial charge in [0.05, 0.1) is 12.5 Å². The molecular formula is C31H43NO9. The van der Waals surface area contributed by atoms with Gasteiger partial charge in [0.25, 0.3) is 0 Å². The number of carbonyl (C=O) groups excluding carboxylic acids is 4. The van der Waals surface area contributed by atoms with Crippen molar-refractivity contribution in [1.82, 2.24) is 4.98 Å². The van der Waals surface area contributed by atoms with Crippen molar-refractivity contribution in [1.29, 1.82) is 0 Å². The molecule has 0 aliphatic heterocycles. The van der Waals surface area contributed by atoms with Crippen molar-refractivity contribution in [3.63, 3.8) is 0 Å². The van der Waals surface area contributed by atoms with E-state index in [9.17, 15) is 24.3 Å². The molecule has 10 heteroatoms. The molecule has 0 amide bonds. The molecule has 0 radical (unpaired) electrons. The molecule has 10 nitrogen and oxygen atoms in total.